The summed E-state index contributed by atoms with van der Waals surface area (Å²) in [4.78, 5) is 0. The molecule has 2 aliphatic rings. The van der Waals surface area contributed by atoms with Crippen LogP contribution < -0.4 is 0 Å². The third kappa shape index (κ3) is 6.13. The van der Waals surface area contributed by atoms with Crippen LogP contribution >= 0.6 is 0 Å². The maximum Gasteiger partial charge on any atom is 2.00 e. The number of rotatable bonds is 4. The van der Waals surface area contributed by atoms with E-state index in [2.05, 4.69) is 113 Å². The Kier molecular flexibility index (Phi) is 9.31. The van der Waals surface area contributed by atoms with Gasteiger partial charge in [0.15, 0.2) is 0 Å². The van der Waals surface area contributed by atoms with Crippen molar-refractivity contribution >= 4 is 11.1 Å². The minimum Gasteiger partial charge on any atom is -0.197 e. The second-order valence-corrected chi connectivity index (χ2v) is 7.88. The molecule has 0 aromatic heterocycles. The van der Waals surface area contributed by atoms with Crippen LogP contribution in [0.5, 0.6) is 0 Å². The molecule has 0 atom stereocenters. The Bertz CT molecular complexity index is 845. The van der Waals surface area contributed by atoms with Gasteiger partial charge >= 0.3 is 26.2 Å². The molecule has 0 bridgehead atoms. The van der Waals surface area contributed by atoms with Crippen LogP contribution in [0.25, 0.3) is 11.1 Å². The second-order valence-electron chi connectivity index (χ2n) is 7.88. The quantitative estimate of drug-likeness (QED) is 0.409. The number of benzene rings is 2. The summed E-state index contributed by atoms with van der Waals surface area (Å²) in [7, 11) is 0. The standard InChI is InChI=1S/2C14H15.Zr/c2*1-11(2)13-9-5-6-10-14(13)12-7-3-4-8-12;/h2*3,5-7,9-11H,4H2,1-2H3;/q2*-1;+2. The summed E-state index contributed by atoms with van der Waals surface area (Å²) >= 11 is 0. The molecule has 0 heterocycles. The summed E-state index contributed by atoms with van der Waals surface area (Å²) < 4.78 is 0. The van der Waals surface area contributed by atoms with Crippen molar-refractivity contribution < 1.29 is 26.2 Å². The zero-order valence-electron chi connectivity index (χ0n) is 18.0. The van der Waals surface area contributed by atoms with Crippen molar-refractivity contribution in [1.82, 2.24) is 0 Å². The maximum absolute atomic E-state index is 3.37. The monoisotopic (exact) mass is 456 g/mol. The van der Waals surface area contributed by atoms with Crippen LogP contribution in [0.15, 0.2) is 72.8 Å². The fourth-order valence-electron chi connectivity index (χ4n) is 3.67. The fraction of sp³-hybridized carbons (Fsp3) is 0.286. The van der Waals surface area contributed by atoms with Gasteiger partial charge in [0.1, 0.15) is 0 Å². The van der Waals surface area contributed by atoms with Crippen molar-refractivity contribution in [3.05, 3.63) is 107 Å². The fourth-order valence-corrected chi connectivity index (χ4v) is 3.67. The minimum atomic E-state index is 0. The molecule has 29 heavy (non-hydrogen) atoms. The molecular weight excluding hydrogens is 428 g/mol. The Hall–Kier alpha value is -1.72. The van der Waals surface area contributed by atoms with E-state index in [1.807, 2.05) is 0 Å². The summed E-state index contributed by atoms with van der Waals surface area (Å²) in [6.07, 6.45) is 17.3. The van der Waals surface area contributed by atoms with E-state index >= 15 is 0 Å². The first-order chi connectivity index (χ1) is 13.6. The van der Waals surface area contributed by atoms with Crippen molar-refractivity contribution in [2.75, 3.05) is 0 Å². The zero-order chi connectivity index (χ0) is 19.9. The van der Waals surface area contributed by atoms with Crippen LogP contribution in [0.3, 0.4) is 0 Å². The smallest absolute Gasteiger partial charge is 0.197 e. The summed E-state index contributed by atoms with van der Waals surface area (Å²) in [5.41, 5.74) is 8.04. The molecule has 2 aromatic rings. The van der Waals surface area contributed by atoms with Gasteiger partial charge in [-0.3, -0.25) is 0 Å². The first-order valence-corrected chi connectivity index (χ1v) is 10.3. The van der Waals surface area contributed by atoms with Gasteiger partial charge in [-0.1, -0.05) is 88.1 Å². The Morgan fingerprint density at radius 3 is 1.31 bits per heavy atom. The number of allylic oxidation sites excluding steroid dienone is 8. The van der Waals surface area contributed by atoms with E-state index in [4.69, 9.17) is 0 Å². The van der Waals surface area contributed by atoms with Gasteiger partial charge in [-0.05, 0) is 11.8 Å². The summed E-state index contributed by atoms with van der Waals surface area (Å²) in [6.45, 7) is 8.94. The van der Waals surface area contributed by atoms with Gasteiger partial charge in [0.2, 0.25) is 0 Å². The largest absolute Gasteiger partial charge is 2.00 e. The molecule has 0 radical (unpaired) electrons. The maximum atomic E-state index is 3.37. The van der Waals surface area contributed by atoms with Crippen molar-refractivity contribution in [2.24, 2.45) is 0 Å². The summed E-state index contributed by atoms with van der Waals surface area (Å²) in [5, 5.41) is 0. The summed E-state index contributed by atoms with van der Waals surface area (Å²) in [6, 6.07) is 17.2. The molecule has 0 saturated carbocycles. The van der Waals surface area contributed by atoms with E-state index in [1.165, 1.54) is 33.4 Å². The van der Waals surface area contributed by atoms with Gasteiger partial charge in [-0.2, -0.15) is 35.5 Å². The molecule has 0 N–H and O–H groups in total. The third-order valence-electron chi connectivity index (χ3n) is 5.14. The molecule has 4 rings (SSSR count). The zero-order valence-corrected chi connectivity index (χ0v) is 20.5. The molecule has 0 amide bonds. The van der Waals surface area contributed by atoms with Crippen LogP contribution in [0.2, 0.25) is 0 Å². The molecule has 0 aliphatic heterocycles. The van der Waals surface area contributed by atoms with Gasteiger partial charge in [0, 0.05) is 0 Å². The molecule has 0 unspecified atom stereocenters. The molecule has 2 aromatic carbocycles. The first kappa shape index (κ1) is 23.6. The molecule has 1 heteroatoms. The number of hydrogen-bond donors (Lipinski definition) is 0. The van der Waals surface area contributed by atoms with E-state index in [0.29, 0.717) is 11.8 Å². The molecular formula is C28H30Zr. The summed E-state index contributed by atoms with van der Waals surface area (Å²) in [5.74, 6) is 1.16. The minimum absolute atomic E-state index is 0. The van der Waals surface area contributed by atoms with Gasteiger partial charge in [-0.25, -0.2) is 0 Å². The average molecular weight is 458 g/mol. The topological polar surface area (TPSA) is 0 Å². The predicted octanol–water partition coefficient (Wildman–Crippen LogP) is 7.91. The van der Waals surface area contributed by atoms with E-state index in [0.717, 1.165) is 12.8 Å². The van der Waals surface area contributed by atoms with Crippen molar-refractivity contribution in [2.45, 2.75) is 52.4 Å². The molecule has 0 fully saturated rings. The molecule has 0 spiro atoms. The van der Waals surface area contributed by atoms with Crippen molar-refractivity contribution in [3.63, 3.8) is 0 Å². The van der Waals surface area contributed by atoms with E-state index in [1.54, 1.807) is 0 Å². The van der Waals surface area contributed by atoms with Crippen LogP contribution in [0.1, 0.15) is 74.6 Å². The number of hydrogen-bond acceptors (Lipinski definition) is 0. The molecule has 0 nitrogen and oxygen atoms in total. The van der Waals surface area contributed by atoms with Gasteiger partial charge < -0.3 is 0 Å². The van der Waals surface area contributed by atoms with Gasteiger partial charge in [0.05, 0.1) is 0 Å². The van der Waals surface area contributed by atoms with Gasteiger partial charge in [0.25, 0.3) is 0 Å². The molecule has 146 valence electrons. The second kappa shape index (κ2) is 11.5. The third-order valence-corrected chi connectivity index (χ3v) is 5.14. The normalized spacial score (nSPS) is 14.4. The van der Waals surface area contributed by atoms with E-state index < -0.39 is 0 Å². The van der Waals surface area contributed by atoms with E-state index in [9.17, 15) is 0 Å². The van der Waals surface area contributed by atoms with Crippen molar-refractivity contribution in [1.29, 1.82) is 0 Å². The average Bonchev–Trinajstić information content (AvgIpc) is 3.42. The SMILES string of the molecule is CC(C)c1ccccc1C1=[C-]CC=C1.CC(C)c1ccccc1C1=[C-]CC=C1.[Zr+2]. The Balaban J connectivity index is 0.000000200. The Morgan fingerprint density at radius 1 is 0.621 bits per heavy atom. The predicted molar refractivity (Wildman–Crippen MR) is 122 cm³/mol. The van der Waals surface area contributed by atoms with Crippen molar-refractivity contribution in [3.8, 4) is 0 Å². The van der Waals surface area contributed by atoms with Gasteiger partial charge in [-0.15, -0.1) is 35.4 Å². The van der Waals surface area contributed by atoms with Crippen LogP contribution in [-0.4, -0.2) is 0 Å². The molecule has 2 aliphatic carbocycles. The first-order valence-electron chi connectivity index (χ1n) is 10.3. The van der Waals surface area contributed by atoms with E-state index in [-0.39, 0.29) is 26.2 Å². The van der Waals surface area contributed by atoms with Crippen LogP contribution in [-0.2, 0) is 26.2 Å². The Labute approximate surface area is 196 Å². The van der Waals surface area contributed by atoms with Crippen LogP contribution in [0, 0.1) is 12.2 Å². The molecule has 0 saturated heterocycles. The van der Waals surface area contributed by atoms with Crippen LogP contribution in [0.4, 0.5) is 0 Å². The Morgan fingerprint density at radius 2 is 1.00 bits per heavy atom.